The highest BCUT2D eigenvalue weighted by Gasteiger charge is 2.39. The van der Waals surface area contributed by atoms with Gasteiger partial charge in [-0.1, -0.05) is 45.0 Å². The highest BCUT2D eigenvalue weighted by Crippen LogP contribution is 2.30. The molecular weight excluding hydrogens is 641 g/mol. The monoisotopic (exact) mass is 693 g/mol. The van der Waals surface area contributed by atoms with Crippen LogP contribution in [0, 0.1) is 12.3 Å². The first-order chi connectivity index (χ1) is 22.2. The van der Waals surface area contributed by atoms with Crippen LogP contribution in [-0.4, -0.2) is 84.7 Å². The van der Waals surface area contributed by atoms with E-state index in [2.05, 4.69) is 39.9 Å². The Morgan fingerprint density at radius 3 is 2.34 bits per heavy atom. The number of ether oxygens (including phenoxy) is 3. The van der Waals surface area contributed by atoms with Crippen molar-refractivity contribution in [3.8, 4) is 10.4 Å². The third-order valence-corrected chi connectivity index (χ3v) is 8.72. The van der Waals surface area contributed by atoms with Gasteiger partial charge in [-0.2, -0.15) is 0 Å². The number of amides is 3. The molecule has 1 aliphatic heterocycles. The Bertz CT molecular complexity index is 1280. The number of aryl methyl sites for hydroxylation is 1. The van der Waals surface area contributed by atoms with Gasteiger partial charge in [0.05, 0.1) is 22.7 Å². The van der Waals surface area contributed by atoms with Gasteiger partial charge < -0.3 is 35.5 Å². The molecule has 1 aromatic carbocycles. The molecule has 1 fully saturated rings. The summed E-state index contributed by atoms with van der Waals surface area (Å²) < 4.78 is 27.3. The standard InChI is InChI=1S/C22H40N3O7P.C11H12N2S/c1-21(2,3)18(19(27)25-11-7-9-17(25)33-29)24-16(26)15-31-13-8-12-30-14-10-23-20(28)32-22(4,5)6;1-8-11(14-7-13-8)10-4-2-9(6-12)3-5-10/h17-18H,7-15H2,1-6H3,(H,23,28)(H,24,26);2-5,7H,6,12H2,1H3. The molecule has 2 heterocycles. The number of hydrogen-bond donors (Lipinski definition) is 3. The van der Waals surface area contributed by atoms with E-state index in [0.717, 1.165) is 17.7 Å². The molecule has 2 atom stereocenters. The average molecular weight is 694 g/mol. The van der Waals surface area contributed by atoms with Gasteiger partial charge in [0.15, 0.2) is 8.46 Å². The Hall–Kier alpha value is -2.96. The van der Waals surface area contributed by atoms with Crippen molar-refractivity contribution in [1.82, 2.24) is 20.5 Å². The second-order valence-electron chi connectivity index (χ2n) is 13.2. The highest BCUT2D eigenvalue weighted by atomic mass is 32.1. The molecule has 2 unspecified atom stereocenters. The summed E-state index contributed by atoms with van der Waals surface area (Å²) in [5.41, 5.74) is 9.86. The van der Waals surface area contributed by atoms with Crippen molar-refractivity contribution in [2.75, 3.05) is 39.5 Å². The lowest BCUT2D eigenvalue weighted by Crippen LogP contribution is -2.55. The summed E-state index contributed by atoms with van der Waals surface area (Å²) in [6, 6.07) is 7.60. The fraction of sp³-hybridized carbons (Fsp3) is 0.636. The number of nitrogens with two attached hydrogens (primary N) is 1. The van der Waals surface area contributed by atoms with Crippen LogP contribution in [0.2, 0.25) is 0 Å². The molecule has 47 heavy (non-hydrogen) atoms. The third kappa shape index (κ3) is 14.8. The number of nitrogens with one attached hydrogen (secondary N) is 2. The number of likely N-dealkylation sites (tertiary alicyclic amines) is 1. The summed E-state index contributed by atoms with van der Waals surface area (Å²) in [7, 11) is -0.0723. The average Bonchev–Trinajstić information content (AvgIpc) is 3.66. The summed E-state index contributed by atoms with van der Waals surface area (Å²) in [5.74, 6) is -0.911. The maximum absolute atomic E-state index is 13.0. The van der Waals surface area contributed by atoms with E-state index in [1.807, 2.05) is 33.2 Å². The second kappa shape index (κ2) is 19.8. The first kappa shape index (κ1) is 40.2. The van der Waals surface area contributed by atoms with Gasteiger partial charge >= 0.3 is 6.09 Å². The molecule has 3 amide bonds. The largest absolute Gasteiger partial charge is 0.444 e. The normalized spacial score (nSPS) is 15.5. The number of nitrogens with zero attached hydrogens (tertiary/aromatic N) is 2. The van der Waals surface area contributed by atoms with Crippen molar-refractivity contribution in [2.45, 2.75) is 91.7 Å². The maximum atomic E-state index is 13.0. The van der Waals surface area contributed by atoms with E-state index in [4.69, 9.17) is 19.9 Å². The number of rotatable bonds is 14. The minimum absolute atomic E-state index is 0.0723. The van der Waals surface area contributed by atoms with Gasteiger partial charge in [-0.3, -0.25) is 14.2 Å². The van der Waals surface area contributed by atoms with E-state index >= 15 is 0 Å². The number of aromatic nitrogens is 1. The lowest BCUT2D eigenvalue weighted by Gasteiger charge is -2.34. The van der Waals surface area contributed by atoms with Crippen molar-refractivity contribution in [2.24, 2.45) is 11.1 Å². The number of carbonyl (C=O) groups is 3. The Kier molecular flexibility index (Phi) is 16.9. The smallest absolute Gasteiger partial charge is 0.407 e. The van der Waals surface area contributed by atoms with Crippen LogP contribution in [0.4, 0.5) is 4.79 Å². The van der Waals surface area contributed by atoms with Gasteiger partial charge in [0.1, 0.15) is 24.0 Å². The molecule has 0 aliphatic carbocycles. The zero-order valence-corrected chi connectivity index (χ0v) is 30.5. The first-order valence-electron chi connectivity index (χ1n) is 15.9. The first-order valence-corrected chi connectivity index (χ1v) is 17.7. The van der Waals surface area contributed by atoms with Crippen LogP contribution in [0.15, 0.2) is 29.8 Å². The number of benzene rings is 1. The van der Waals surface area contributed by atoms with Crippen LogP contribution >= 0.6 is 19.8 Å². The Morgan fingerprint density at radius 1 is 1.09 bits per heavy atom. The summed E-state index contributed by atoms with van der Waals surface area (Å²) in [4.78, 5) is 43.9. The minimum atomic E-state index is -0.725. The molecule has 4 N–H and O–H groups in total. The molecule has 1 saturated heterocycles. The summed E-state index contributed by atoms with van der Waals surface area (Å²) in [6.45, 7) is 15.5. The molecule has 1 aromatic heterocycles. The van der Waals surface area contributed by atoms with Crippen molar-refractivity contribution < 1.29 is 33.2 Å². The van der Waals surface area contributed by atoms with Crippen LogP contribution in [0.1, 0.15) is 72.1 Å². The Labute approximate surface area is 284 Å². The van der Waals surface area contributed by atoms with Gasteiger partial charge in [-0.15, -0.1) is 11.3 Å². The predicted molar refractivity (Wildman–Crippen MR) is 184 cm³/mol. The topological polar surface area (TPSA) is 162 Å². The molecule has 0 spiro atoms. The van der Waals surface area contributed by atoms with Gasteiger partial charge in [-0.05, 0) is 63.5 Å². The van der Waals surface area contributed by atoms with Crippen molar-refractivity contribution in [3.05, 3.63) is 41.0 Å². The summed E-state index contributed by atoms with van der Waals surface area (Å²) >= 11 is 1.67. The van der Waals surface area contributed by atoms with Crippen molar-refractivity contribution in [3.63, 3.8) is 0 Å². The highest BCUT2D eigenvalue weighted by molar-refractivity contribution is 7.24. The van der Waals surface area contributed by atoms with Crippen LogP contribution in [0.3, 0.4) is 0 Å². The zero-order chi connectivity index (χ0) is 35.0. The van der Waals surface area contributed by atoms with Crippen molar-refractivity contribution in [1.29, 1.82) is 0 Å². The molecule has 3 rings (SSSR count). The van der Waals surface area contributed by atoms with E-state index in [1.165, 1.54) is 10.4 Å². The quantitative estimate of drug-likeness (QED) is 0.177. The van der Waals surface area contributed by atoms with Gasteiger partial charge in [0.2, 0.25) is 11.8 Å². The van der Waals surface area contributed by atoms with Crippen LogP contribution < -0.4 is 16.4 Å². The molecule has 2 aromatic rings. The van der Waals surface area contributed by atoms with E-state index in [-0.39, 0.29) is 32.7 Å². The van der Waals surface area contributed by atoms with Gasteiger partial charge in [0.25, 0.3) is 0 Å². The lowest BCUT2D eigenvalue weighted by molar-refractivity contribution is -0.140. The fourth-order valence-corrected chi connectivity index (χ4v) is 6.02. The van der Waals surface area contributed by atoms with E-state index < -0.39 is 23.2 Å². The molecule has 0 saturated carbocycles. The van der Waals surface area contributed by atoms with E-state index in [9.17, 15) is 18.9 Å². The Balaban J connectivity index is 0.000000450. The van der Waals surface area contributed by atoms with Gasteiger partial charge in [0, 0.05) is 32.8 Å². The van der Waals surface area contributed by atoms with Gasteiger partial charge in [-0.25, -0.2) is 9.78 Å². The molecule has 262 valence electrons. The molecule has 1 aliphatic rings. The zero-order valence-electron chi connectivity index (χ0n) is 28.8. The molecule has 0 bridgehead atoms. The molecule has 0 radical (unpaired) electrons. The molecular formula is C33H52N5O7PS. The number of hydrogen-bond acceptors (Lipinski definition) is 10. The third-order valence-electron chi connectivity index (χ3n) is 6.97. The number of carbonyl (C=O) groups excluding carboxylic acids is 3. The SMILES string of the molecule is CC(C)(C)OC(=O)NCCOCCCOCC(=O)NC(C(=O)N1CCCC1P=O)C(C)(C)C.Cc1ncsc1-c1ccc(CN)cc1. The maximum Gasteiger partial charge on any atom is 0.407 e. The Morgan fingerprint density at radius 2 is 1.77 bits per heavy atom. The minimum Gasteiger partial charge on any atom is -0.444 e. The summed E-state index contributed by atoms with van der Waals surface area (Å²) in [6.07, 6.45) is 1.60. The predicted octanol–water partition coefficient (Wildman–Crippen LogP) is 5.28. The molecule has 12 nitrogen and oxygen atoms in total. The van der Waals surface area contributed by atoms with Crippen LogP contribution in [-0.2, 0) is 34.9 Å². The van der Waals surface area contributed by atoms with Crippen LogP contribution in [0.5, 0.6) is 0 Å². The van der Waals surface area contributed by atoms with Crippen LogP contribution in [0.25, 0.3) is 10.4 Å². The number of alkyl carbamates (subject to hydrolysis) is 1. The second-order valence-corrected chi connectivity index (χ2v) is 14.9. The van der Waals surface area contributed by atoms with Crippen molar-refractivity contribution >= 4 is 37.7 Å². The molecule has 14 heteroatoms. The lowest BCUT2D eigenvalue weighted by atomic mass is 9.85. The van der Waals surface area contributed by atoms with E-state index in [1.54, 1.807) is 37.0 Å². The fourth-order valence-electron chi connectivity index (χ4n) is 4.57. The van der Waals surface area contributed by atoms with E-state index in [0.29, 0.717) is 52.3 Å². The number of thiazole rings is 1. The summed E-state index contributed by atoms with van der Waals surface area (Å²) in [5, 5.41) is 5.38.